The van der Waals surface area contributed by atoms with Crippen LogP contribution in [-0.4, -0.2) is 34.7 Å². The number of hydrogen-bond acceptors (Lipinski definition) is 3. The number of rotatable bonds is 8. The number of benzene rings is 2. The van der Waals surface area contributed by atoms with E-state index in [1.165, 1.54) is 12.0 Å². The SMILES string of the molecule is CCCC[C@H]1CN(CC(=O)c2cc(C(C)(C)C)c(O)c(C(C)(C)C)c2)C(=NBr)[C@@H]1Cc1ccccc1. The van der Waals surface area contributed by atoms with Gasteiger partial charge >= 0.3 is 0 Å². The molecule has 0 amide bonds. The van der Waals surface area contributed by atoms with Crippen LogP contribution in [0, 0.1) is 11.8 Å². The van der Waals surface area contributed by atoms with Crippen LogP contribution in [0.4, 0.5) is 0 Å². The molecule has 0 aromatic heterocycles. The molecule has 0 spiro atoms. The predicted octanol–water partition coefficient (Wildman–Crippen LogP) is 7.86. The minimum Gasteiger partial charge on any atom is -0.507 e. The number of amidine groups is 1. The van der Waals surface area contributed by atoms with E-state index in [-0.39, 0.29) is 29.1 Å². The molecule has 1 aliphatic rings. The molecule has 2 aromatic rings. The van der Waals surface area contributed by atoms with E-state index in [1.54, 1.807) is 0 Å². The molecule has 2 atom stereocenters. The molecule has 0 aliphatic carbocycles. The van der Waals surface area contributed by atoms with Crippen molar-refractivity contribution in [3.8, 4) is 5.75 Å². The van der Waals surface area contributed by atoms with Crippen molar-refractivity contribution in [2.24, 2.45) is 15.9 Å². The van der Waals surface area contributed by atoms with E-state index < -0.39 is 0 Å². The summed E-state index contributed by atoms with van der Waals surface area (Å²) in [5.41, 5.74) is 3.04. The molecule has 1 heterocycles. The maximum atomic E-state index is 13.7. The number of halogens is 1. The van der Waals surface area contributed by atoms with Gasteiger partial charge in [-0.2, -0.15) is 4.02 Å². The van der Waals surface area contributed by atoms with Crippen molar-refractivity contribution in [2.45, 2.75) is 85.0 Å². The van der Waals surface area contributed by atoms with E-state index in [4.69, 9.17) is 0 Å². The number of carbonyl (C=O) groups is 1. The standard InChI is InChI=1S/C31H43BrN2O2/c1-8-9-15-22-19-34(29(33-32)24(22)16-21-13-11-10-12-14-21)20-27(35)23-17-25(30(2,3)4)28(36)26(18-23)31(5,6)7/h10-14,17-18,22,24,36H,8-9,15-16,19-20H2,1-7H3/t22-,24+/m0/s1. The molecule has 0 unspecified atom stereocenters. The highest BCUT2D eigenvalue weighted by molar-refractivity contribution is 9.08. The molecule has 3 rings (SSSR count). The summed E-state index contributed by atoms with van der Waals surface area (Å²) in [7, 11) is 0. The van der Waals surface area contributed by atoms with Gasteiger partial charge in [0.05, 0.1) is 22.7 Å². The summed E-state index contributed by atoms with van der Waals surface area (Å²) in [6, 6.07) is 14.4. The zero-order chi connectivity index (χ0) is 26.7. The summed E-state index contributed by atoms with van der Waals surface area (Å²) in [4.78, 5) is 15.9. The largest absolute Gasteiger partial charge is 0.507 e. The van der Waals surface area contributed by atoms with Crippen LogP contribution in [0.2, 0.25) is 0 Å². The molecule has 1 fully saturated rings. The monoisotopic (exact) mass is 554 g/mol. The minimum atomic E-state index is -0.275. The minimum absolute atomic E-state index is 0.0641. The maximum Gasteiger partial charge on any atom is 0.182 e. The molecular weight excluding hydrogens is 512 g/mol. The average molecular weight is 556 g/mol. The molecule has 0 saturated carbocycles. The van der Waals surface area contributed by atoms with Crippen LogP contribution < -0.4 is 0 Å². The number of phenols is 1. The highest BCUT2D eigenvalue weighted by atomic mass is 79.9. The zero-order valence-corrected chi connectivity index (χ0v) is 24.7. The van der Waals surface area contributed by atoms with E-state index in [1.807, 2.05) is 18.2 Å². The number of nitrogens with zero attached hydrogens (tertiary/aromatic N) is 2. The molecule has 1 saturated heterocycles. The molecule has 36 heavy (non-hydrogen) atoms. The van der Waals surface area contributed by atoms with Crippen LogP contribution in [0.5, 0.6) is 5.75 Å². The third-order valence-corrected chi connectivity index (χ3v) is 7.74. The fourth-order valence-electron chi connectivity index (χ4n) is 5.30. The molecule has 1 N–H and O–H groups in total. The Morgan fingerprint density at radius 1 is 1.06 bits per heavy atom. The molecular formula is C31H43BrN2O2. The van der Waals surface area contributed by atoms with Gasteiger partial charge in [-0.3, -0.25) is 4.79 Å². The van der Waals surface area contributed by atoms with Crippen LogP contribution in [0.1, 0.15) is 94.8 Å². The molecule has 5 heteroatoms. The van der Waals surface area contributed by atoms with Crippen molar-refractivity contribution in [2.75, 3.05) is 13.1 Å². The maximum absolute atomic E-state index is 13.7. The van der Waals surface area contributed by atoms with Crippen LogP contribution in [0.25, 0.3) is 0 Å². The van der Waals surface area contributed by atoms with E-state index >= 15 is 0 Å². The first kappa shape index (κ1) is 28.4. The van der Waals surface area contributed by atoms with Gasteiger partial charge in [0.1, 0.15) is 11.6 Å². The van der Waals surface area contributed by atoms with Crippen molar-refractivity contribution < 1.29 is 9.90 Å². The summed E-state index contributed by atoms with van der Waals surface area (Å²) in [5, 5.41) is 11.1. The molecule has 0 bridgehead atoms. The van der Waals surface area contributed by atoms with Gasteiger partial charge in [0.25, 0.3) is 0 Å². The van der Waals surface area contributed by atoms with Gasteiger partial charge in [-0.1, -0.05) is 91.6 Å². The first-order valence-corrected chi connectivity index (χ1v) is 14.0. The highest BCUT2D eigenvalue weighted by Gasteiger charge is 2.39. The van der Waals surface area contributed by atoms with E-state index in [0.29, 0.717) is 17.2 Å². The Hall–Kier alpha value is -2.14. The highest BCUT2D eigenvalue weighted by Crippen LogP contribution is 2.40. The summed E-state index contributed by atoms with van der Waals surface area (Å²) in [6.07, 6.45) is 4.39. The van der Waals surface area contributed by atoms with Crippen molar-refractivity contribution >= 4 is 27.8 Å². The summed E-state index contributed by atoms with van der Waals surface area (Å²) in [5.74, 6) is 2.08. The van der Waals surface area contributed by atoms with E-state index in [0.717, 1.165) is 42.8 Å². The van der Waals surface area contributed by atoms with Crippen LogP contribution in [0.15, 0.2) is 46.5 Å². The lowest BCUT2D eigenvalue weighted by Crippen LogP contribution is -2.33. The first-order chi connectivity index (χ1) is 16.9. The number of unbranched alkanes of at least 4 members (excludes halogenated alkanes) is 1. The summed E-state index contributed by atoms with van der Waals surface area (Å²) >= 11 is 3.40. The van der Waals surface area contributed by atoms with Gasteiger partial charge in [0.2, 0.25) is 0 Å². The molecule has 4 nitrogen and oxygen atoms in total. The quantitative estimate of drug-likeness (QED) is 0.338. The summed E-state index contributed by atoms with van der Waals surface area (Å²) < 4.78 is 4.54. The topological polar surface area (TPSA) is 52.9 Å². The second kappa shape index (κ2) is 11.5. The number of carbonyl (C=O) groups excluding carboxylic acids is 1. The molecule has 196 valence electrons. The Morgan fingerprint density at radius 3 is 2.14 bits per heavy atom. The third-order valence-electron chi connectivity index (χ3n) is 7.38. The van der Waals surface area contributed by atoms with Crippen LogP contribution >= 0.6 is 16.1 Å². The van der Waals surface area contributed by atoms with Crippen molar-refractivity contribution in [1.29, 1.82) is 0 Å². The first-order valence-electron chi connectivity index (χ1n) is 13.3. The second-order valence-electron chi connectivity index (χ2n) is 12.4. The van der Waals surface area contributed by atoms with E-state index in [9.17, 15) is 9.90 Å². The van der Waals surface area contributed by atoms with Gasteiger partial charge in [-0.05, 0) is 47.3 Å². The number of hydrogen-bond donors (Lipinski definition) is 1. The normalized spacial score (nSPS) is 19.8. The van der Waals surface area contributed by atoms with Crippen LogP contribution in [-0.2, 0) is 17.3 Å². The lowest BCUT2D eigenvalue weighted by molar-refractivity contribution is 0.0963. The second-order valence-corrected chi connectivity index (χ2v) is 12.7. The zero-order valence-electron chi connectivity index (χ0n) is 23.1. The number of likely N-dealkylation sites (tertiary alicyclic amines) is 1. The van der Waals surface area contributed by atoms with Gasteiger partial charge in [-0.15, -0.1) is 0 Å². The van der Waals surface area contributed by atoms with Crippen molar-refractivity contribution in [3.05, 3.63) is 64.7 Å². The fraction of sp³-hybridized carbons (Fsp3) is 0.548. The smallest absolute Gasteiger partial charge is 0.182 e. The van der Waals surface area contributed by atoms with E-state index in [2.05, 4.69) is 97.8 Å². The van der Waals surface area contributed by atoms with Gasteiger partial charge in [0, 0.05) is 29.2 Å². The lowest BCUT2D eigenvalue weighted by atomic mass is 9.78. The number of ketones is 1. The molecule has 2 aromatic carbocycles. The summed E-state index contributed by atoms with van der Waals surface area (Å²) in [6.45, 7) is 15.8. The van der Waals surface area contributed by atoms with Crippen molar-refractivity contribution in [1.82, 2.24) is 4.90 Å². The number of aromatic hydroxyl groups is 1. The Morgan fingerprint density at radius 2 is 1.64 bits per heavy atom. The van der Waals surface area contributed by atoms with Gasteiger partial charge in [-0.25, -0.2) is 0 Å². The van der Waals surface area contributed by atoms with Gasteiger partial charge in [0.15, 0.2) is 5.78 Å². The molecule has 0 radical (unpaired) electrons. The number of Topliss-reactive ketones (excluding diaryl/α,β-unsaturated/α-hetero) is 1. The number of phenolic OH excluding ortho intramolecular Hbond substituents is 1. The Kier molecular flexibility index (Phi) is 9.08. The third kappa shape index (κ3) is 6.59. The Bertz CT molecular complexity index is 1040. The van der Waals surface area contributed by atoms with Crippen molar-refractivity contribution in [3.63, 3.8) is 0 Å². The molecule has 1 aliphatic heterocycles. The van der Waals surface area contributed by atoms with Crippen LogP contribution in [0.3, 0.4) is 0 Å². The average Bonchev–Trinajstić information content (AvgIpc) is 3.12. The van der Waals surface area contributed by atoms with Gasteiger partial charge < -0.3 is 10.0 Å². The predicted molar refractivity (Wildman–Crippen MR) is 154 cm³/mol. The lowest BCUT2D eigenvalue weighted by Gasteiger charge is -2.28. The fourth-order valence-corrected chi connectivity index (χ4v) is 5.79. The Balaban J connectivity index is 1.92. The Labute approximate surface area is 226 Å².